The molecule has 0 saturated heterocycles. The molecule has 0 aromatic carbocycles. The van der Waals surface area contributed by atoms with Crippen LogP contribution in [-0.2, 0) is 9.59 Å². The van der Waals surface area contributed by atoms with Gasteiger partial charge in [-0.3, -0.25) is 14.9 Å². The predicted molar refractivity (Wildman–Crippen MR) is 70.6 cm³/mol. The van der Waals surface area contributed by atoms with Crippen LogP contribution in [0.3, 0.4) is 0 Å². The van der Waals surface area contributed by atoms with Gasteiger partial charge in [-0.1, -0.05) is 13.8 Å². The summed E-state index contributed by atoms with van der Waals surface area (Å²) in [6, 6.07) is -0.538. The standard InChI is InChI=1S/C11H20N2O4S/c1-7(2)4-5-12-11(17)13-9(14)6-18-8(3)10(15)16/h7-8H,4-6H2,1-3H3,(H,15,16)(H2,12,13,14,17). The molecule has 0 aromatic rings. The molecule has 1 unspecified atom stereocenters. The summed E-state index contributed by atoms with van der Waals surface area (Å²) in [7, 11) is 0. The highest BCUT2D eigenvalue weighted by atomic mass is 32.2. The van der Waals surface area contributed by atoms with Crippen LogP contribution in [-0.4, -0.2) is 40.6 Å². The lowest BCUT2D eigenvalue weighted by Gasteiger charge is -2.09. The fraction of sp³-hybridized carbons (Fsp3) is 0.727. The van der Waals surface area contributed by atoms with Crippen LogP contribution in [0.2, 0.25) is 0 Å². The first-order valence-corrected chi connectivity index (χ1v) is 6.80. The molecule has 0 spiro atoms. The first kappa shape index (κ1) is 16.8. The SMILES string of the molecule is CC(C)CCNC(=O)NC(=O)CSC(C)C(=O)O. The molecular weight excluding hydrogens is 256 g/mol. The zero-order chi connectivity index (χ0) is 14.1. The molecule has 18 heavy (non-hydrogen) atoms. The normalized spacial score (nSPS) is 12.0. The lowest BCUT2D eigenvalue weighted by atomic mass is 10.1. The number of urea groups is 1. The van der Waals surface area contributed by atoms with Crippen molar-refractivity contribution in [3.05, 3.63) is 0 Å². The Bertz CT molecular complexity index is 307. The van der Waals surface area contributed by atoms with Gasteiger partial charge >= 0.3 is 12.0 Å². The van der Waals surface area contributed by atoms with Crippen molar-refractivity contribution in [3.63, 3.8) is 0 Å². The van der Waals surface area contributed by atoms with Crippen LogP contribution < -0.4 is 10.6 Å². The molecule has 3 N–H and O–H groups in total. The van der Waals surface area contributed by atoms with E-state index >= 15 is 0 Å². The molecule has 7 heteroatoms. The summed E-state index contributed by atoms with van der Waals surface area (Å²) >= 11 is 0.972. The minimum absolute atomic E-state index is 0.0505. The summed E-state index contributed by atoms with van der Waals surface area (Å²) in [5.74, 6) is -1.04. The van der Waals surface area contributed by atoms with E-state index in [-0.39, 0.29) is 5.75 Å². The van der Waals surface area contributed by atoms with Crippen molar-refractivity contribution in [3.8, 4) is 0 Å². The average molecular weight is 276 g/mol. The number of nitrogens with one attached hydrogen (secondary N) is 2. The average Bonchev–Trinajstić information content (AvgIpc) is 2.24. The fourth-order valence-electron chi connectivity index (χ4n) is 0.953. The van der Waals surface area contributed by atoms with E-state index in [0.717, 1.165) is 18.2 Å². The highest BCUT2D eigenvalue weighted by Crippen LogP contribution is 2.09. The van der Waals surface area contributed by atoms with Crippen LogP contribution in [0.5, 0.6) is 0 Å². The van der Waals surface area contributed by atoms with Gasteiger partial charge in [-0.15, -0.1) is 11.8 Å². The van der Waals surface area contributed by atoms with Crippen molar-refractivity contribution in [2.24, 2.45) is 5.92 Å². The number of imide groups is 1. The van der Waals surface area contributed by atoms with Gasteiger partial charge in [0.2, 0.25) is 5.91 Å². The van der Waals surface area contributed by atoms with Crippen molar-refractivity contribution in [2.75, 3.05) is 12.3 Å². The Labute approximate surface area is 111 Å². The molecule has 0 aliphatic rings. The maximum absolute atomic E-state index is 11.3. The number of amides is 3. The van der Waals surface area contributed by atoms with Gasteiger partial charge in [-0.2, -0.15) is 0 Å². The number of thioether (sulfide) groups is 1. The van der Waals surface area contributed by atoms with E-state index in [1.165, 1.54) is 6.92 Å². The number of carboxylic acids is 1. The summed E-state index contributed by atoms with van der Waals surface area (Å²) in [5.41, 5.74) is 0. The van der Waals surface area contributed by atoms with E-state index < -0.39 is 23.2 Å². The van der Waals surface area contributed by atoms with E-state index in [1.54, 1.807) is 0 Å². The van der Waals surface area contributed by atoms with E-state index in [2.05, 4.69) is 10.6 Å². The second kappa shape index (κ2) is 8.79. The van der Waals surface area contributed by atoms with Crippen molar-refractivity contribution < 1.29 is 19.5 Å². The molecule has 0 rings (SSSR count). The molecule has 0 heterocycles. The zero-order valence-corrected chi connectivity index (χ0v) is 11.7. The molecule has 6 nitrogen and oxygen atoms in total. The van der Waals surface area contributed by atoms with Crippen LogP contribution in [0.25, 0.3) is 0 Å². The summed E-state index contributed by atoms with van der Waals surface area (Å²) < 4.78 is 0. The van der Waals surface area contributed by atoms with Crippen LogP contribution >= 0.6 is 11.8 Å². The summed E-state index contributed by atoms with van der Waals surface area (Å²) in [6.07, 6.45) is 0.840. The molecule has 0 fully saturated rings. The molecule has 0 aliphatic heterocycles. The Morgan fingerprint density at radius 2 is 1.83 bits per heavy atom. The van der Waals surface area contributed by atoms with Crippen LogP contribution in [0, 0.1) is 5.92 Å². The third-order valence-corrected chi connectivity index (χ3v) is 3.20. The highest BCUT2D eigenvalue weighted by Gasteiger charge is 2.14. The van der Waals surface area contributed by atoms with E-state index in [4.69, 9.17) is 5.11 Å². The van der Waals surface area contributed by atoms with E-state index in [9.17, 15) is 14.4 Å². The second-order valence-corrected chi connectivity index (χ2v) is 5.61. The number of rotatable bonds is 7. The monoisotopic (exact) mass is 276 g/mol. The van der Waals surface area contributed by atoms with Crippen molar-refractivity contribution in [1.82, 2.24) is 10.6 Å². The quantitative estimate of drug-likeness (QED) is 0.646. The largest absolute Gasteiger partial charge is 0.480 e. The first-order chi connectivity index (χ1) is 8.32. The van der Waals surface area contributed by atoms with Gasteiger partial charge < -0.3 is 10.4 Å². The predicted octanol–water partition coefficient (Wildman–Crippen LogP) is 1.06. The number of carbonyl (C=O) groups is 3. The number of aliphatic carboxylic acids is 1. The molecule has 0 aliphatic carbocycles. The van der Waals surface area contributed by atoms with Crippen molar-refractivity contribution in [2.45, 2.75) is 32.4 Å². The Balaban J connectivity index is 3.74. The number of carboxylic acid groups (broad SMARTS) is 1. The highest BCUT2D eigenvalue weighted by molar-refractivity contribution is 8.01. The van der Waals surface area contributed by atoms with Crippen LogP contribution in [0.1, 0.15) is 27.2 Å². The molecule has 104 valence electrons. The van der Waals surface area contributed by atoms with Gasteiger partial charge in [0.05, 0.1) is 11.0 Å². The summed E-state index contributed by atoms with van der Waals surface area (Å²) in [6.45, 7) is 6.07. The maximum atomic E-state index is 11.3. The third-order valence-electron chi connectivity index (χ3n) is 2.07. The zero-order valence-electron chi connectivity index (χ0n) is 10.9. The van der Waals surface area contributed by atoms with Gasteiger partial charge in [-0.05, 0) is 19.3 Å². The van der Waals surface area contributed by atoms with Gasteiger partial charge in [0.25, 0.3) is 0 Å². The van der Waals surface area contributed by atoms with Gasteiger partial charge in [0.15, 0.2) is 0 Å². The molecule has 0 aromatic heterocycles. The molecule has 1 atom stereocenters. The minimum atomic E-state index is -0.978. The van der Waals surface area contributed by atoms with Gasteiger partial charge in [0, 0.05) is 6.54 Å². The molecule has 3 amide bonds. The number of hydrogen-bond donors (Lipinski definition) is 3. The topological polar surface area (TPSA) is 95.5 Å². The van der Waals surface area contributed by atoms with Crippen molar-refractivity contribution >= 4 is 29.7 Å². The van der Waals surface area contributed by atoms with Crippen molar-refractivity contribution in [1.29, 1.82) is 0 Å². The molecule has 0 saturated carbocycles. The second-order valence-electron chi connectivity index (χ2n) is 4.28. The summed E-state index contributed by atoms with van der Waals surface area (Å²) in [5, 5.41) is 12.7. The van der Waals surface area contributed by atoms with E-state index in [1.807, 2.05) is 13.8 Å². The minimum Gasteiger partial charge on any atom is -0.480 e. The Morgan fingerprint density at radius 1 is 1.22 bits per heavy atom. The lowest BCUT2D eigenvalue weighted by molar-refractivity contribution is -0.136. The molecular formula is C11H20N2O4S. The molecule has 0 bridgehead atoms. The number of carbonyl (C=O) groups excluding carboxylic acids is 2. The maximum Gasteiger partial charge on any atom is 0.321 e. The Morgan fingerprint density at radius 3 is 2.33 bits per heavy atom. The van der Waals surface area contributed by atoms with Gasteiger partial charge in [0.1, 0.15) is 0 Å². The smallest absolute Gasteiger partial charge is 0.321 e. The lowest BCUT2D eigenvalue weighted by Crippen LogP contribution is -2.41. The Hall–Kier alpha value is -1.24. The Kier molecular flexibility index (Phi) is 8.19. The molecule has 0 radical (unpaired) electrons. The van der Waals surface area contributed by atoms with E-state index in [0.29, 0.717) is 12.5 Å². The fourth-order valence-corrected chi connectivity index (χ4v) is 1.57. The first-order valence-electron chi connectivity index (χ1n) is 5.75. The van der Waals surface area contributed by atoms with Gasteiger partial charge in [-0.25, -0.2) is 4.79 Å². The van der Waals surface area contributed by atoms with Crippen LogP contribution in [0.15, 0.2) is 0 Å². The third kappa shape index (κ3) is 8.86. The number of hydrogen-bond acceptors (Lipinski definition) is 4. The van der Waals surface area contributed by atoms with Crippen LogP contribution in [0.4, 0.5) is 4.79 Å². The summed E-state index contributed by atoms with van der Waals surface area (Å²) in [4.78, 5) is 33.0.